The van der Waals surface area contributed by atoms with E-state index in [-0.39, 0.29) is 18.0 Å². The number of nitrogens with zero attached hydrogens (tertiary/aromatic N) is 1. The molecular formula is C14H18BrClN2O. The summed E-state index contributed by atoms with van der Waals surface area (Å²) in [6.45, 7) is 4.90. The normalized spacial score (nSPS) is 23.5. The Bertz CT molecular complexity index is 492. The predicted molar refractivity (Wildman–Crippen MR) is 81.0 cm³/mol. The SMILES string of the molecule is CC(C)CN1C(=O)CC(N)C1c1cc(Br)ccc1Cl. The van der Waals surface area contributed by atoms with Gasteiger partial charge in [0, 0.05) is 28.5 Å². The summed E-state index contributed by atoms with van der Waals surface area (Å²) in [5.74, 6) is 0.518. The van der Waals surface area contributed by atoms with Crippen molar-refractivity contribution in [2.75, 3.05) is 6.54 Å². The number of rotatable bonds is 3. The molecule has 2 atom stereocenters. The van der Waals surface area contributed by atoms with E-state index in [0.29, 0.717) is 23.9 Å². The third-order valence-electron chi connectivity index (χ3n) is 3.31. The highest BCUT2D eigenvalue weighted by atomic mass is 79.9. The van der Waals surface area contributed by atoms with Crippen molar-refractivity contribution in [1.29, 1.82) is 0 Å². The number of carbonyl (C=O) groups excluding carboxylic acids is 1. The van der Waals surface area contributed by atoms with Crippen molar-refractivity contribution in [2.24, 2.45) is 11.7 Å². The van der Waals surface area contributed by atoms with Crippen LogP contribution in [0, 0.1) is 5.92 Å². The Balaban J connectivity index is 2.39. The van der Waals surface area contributed by atoms with Gasteiger partial charge in [0.2, 0.25) is 5.91 Å². The number of likely N-dealkylation sites (tertiary alicyclic amines) is 1. The van der Waals surface area contributed by atoms with Crippen molar-refractivity contribution in [3.63, 3.8) is 0 Å². The standard InChI is InChI=1S/C14H18BrClN2O/c1-8(2)7-18-13(19)6-12(17)14(18)10-5-9(15)3-4-11(10)16/h3-5,8,12,14H,6-7,17H2,1-2H3. The molecule has 1 fully saturated rings. The van der Waals surface area contributed by atoms with Crippen molar-refractivity contribution in [2.45, 2.75) is 32.4 Å². The van der Waals surface area contributed by atoms with E-state index in [9.17, 15) is 4.79 Å². The van der Waals surface area contributed by atoms with E-state index < -0.39 is 0 Å². The summed E-state index contributed by atoms with van der Waals surface area (Å²) < 4.78 is 0.947. The number of carbonyl (C=O) groups is 1. The number of nitrogens with two attached hydrogens (primary N) is 1. The van der Waals surface area contributed by atoms with Gasteiger partial charge in [-0.15, -0.1) is 0 Å². The summed E-state index contributed by atoms with van der Waals surface area (Å²) in [6.07, 6.45) is 0.389. The maximum Gasteiger partial charge on any atom is 0.224 e. The van der Waals surface area contributed by atoms with Crippen molar-refractivity contribution in [1.82, 2.24) is 4.90 Å². The highest BCUT2D eigenvalue weighted by Crippen LogP contribution is 2.37. The lowest BCUT2D eigenvalue weighted by molar-refractivity contribution is -0.129. The highest BCUT2D eigenvalue weighted by molar-refractivity contribution is 9.10. The molecule has 0 aromatic heterocycles. The van der Waals surface area contributed by atoms with E-state index in [4.69, 9.17) is 17.3 Å². The van der Waals surface area contributed by atoms with Crippen molar-refractivity contribution < 1.29 is 4.79 Å². The molecule has 2 N–H and O–H groups in total. The van der Waals surface area contributed by atoms with Gasteiger partial charge in [-0.1, -0.05) is 41.4 Å². The minimum atomic E-state index is -0.196. The lowest BCUT2D eigenvalue weighted by Gasteiger charge is -2.29. The number of amides is 1. The fourth-order valence-corrected chi connectivity index (χ4v) is 3.17. The number of benzene rings is 1. The first-order valence-corrected chi connectivity index (χ1v) is 7.57. The van der Waals surface area contributed by atoms with Gasteiger partial charge in [0.1, 0.15) is 0 Å². The third kappa shape index (κ3) is 3.12. The quantitative estimate of drug-likeness (QED) is 0.913. The Kier molecular flexibility index (Phi) is 4.54. The van der Waals surface area contributed by atoms with Crippen molar-refractivity contribution in [3.05, 3.63) is 33.3 Å². The Morgan fingerprint density at radius 2 is 2.21 bits per heavy atom. The summed E-state index contributed by atoms with van der Waals surface area (Å²) in [5, 5.41) is 0.659. The zero-order valence-corrected chi connectivity index (χ0v) is 13.4. The van der Waals surface area contributed by atoms with E-state index in [2.05, 4.69) is 29.8 Å². The minimum Gasteiger partial charge on any atom is -0.334 e. The van der Waals surface area contributed by atoms with Crippen LogP contribution in [0.2, 0.25) is 5.02 Å². The van der Waals surface area contributed by atoms with E-state index in [0.717, 1.165) is 10.0 Å². The van der Waals surface area contributed by atoms with Crippen LogP contribution in [0.4, 0.5) is 0 Å². The fraction of sp³-hybridized carbons (Fsp3) is 0.500. The van der Waals surface area contributed by atoms with E-state index in [1.54, 1.807) is 0 Å². The van der Waals surface area contributed by atoms with Gasteiger partial charge < -0.3 is 10.6 Å². The lowest BCUT2D eigenvalue weighted by Crippen LogP contribution is -2.35. The van der Waals surface area contributed by atoms with Crippen LogP contribution < -0.4 is 5.73 Å². The van der Waals surface area contributed by atoms with Crippen LogP contribution in [0.15, 0.2) is 22.7 Å². The van der Waals surface area contributed by atoms with Crippen molar-refractivity contribution >= 4 is 33.4 Å². The molecule has 0 spiro atoms. The average molecular weight is 346 g/mol. The maximum absolute atomic E-state index is 12.1. The molecule has 104 valence electrons. The molecule has 2 rings (SSSR count). The molecule has 1 aromatic carbocycles. The molecule has 1 aromatic rings. The van der Waals surface area contributed by atoms with E-state index in [1.165, 1.54) is 0 Å². The van der Waals surface area contributed by atoms with Gasteiger partial charge in [0.25, 0.3) is 0 Å². The first-order valence-electron chi connectivity index (χ1n) is 6.40. The molecule has 0 radical (unpaired) electrons. The molecule has 0 bridgehead atoms. The van der Waals surface area contributed by atoms with Crippen LogP contribution in [0.5, 0.6) is 0 Å². The van der Waals surface area contributed by atoms with Crippen LogP contribution in [-0.2, 0) is 4.79 Å². The smallest absolute Gasteiger partial charge is 0.224 e. The highest BCUT2D eigenvalue weighted by Gasteiger charge is 2.39. The molecule has 1 saturated heterocycles. The molecule has 0 saturated carbocycles. The molecule has 2 unspecified atom stereocenters. The van der Waals surface area contributed by atoms with Crippen LogP contribution >= 0.6 is 27.5 Å². The number of halogens is 2. The first kappa shape index (κ1) is 14.8. The predicted octanol–water partition coefficient (Wildman–Crippen LogP) is 3.36. The number of hydrogen-bond acceptors (Lipinski definition) is 2. The second-order valence-corrected chi connectivity index (χ2v) is 6.74. The minimum absolute atomic E-state index is 0.113. The fourth-order valence-electron chi connectivity index (χ4n) is 2.57. The van der Waals surface area contributed by atoms with E-state index >= 15 is 0 Å². The molecule has 3 nitrogen and oxygen atoms in total. The Hall–Kier alpha value is -0.580. The molecule has 1 aliphatic heterocycles. The van der Waals surface area contributed by atoms with Gasteiger partial charge in [0.15, 0.2) is 0 Å². The summed E-state index contributed by atoms with van der Waals surface area (Å²) in [6, 6.07) is 5.36. The van der Waals surface area contributed by atoms with Gasteiger partial charge in [-0.05, 0) is 29.7 Å². The molecule has 1 aliphatic rings. The largest absolute Gasteiger partial charge is 0.334 e. The van der Waals surface area contributed by atoms with Crippen molar-refractivity contribution in [3.8, 4) is 0 Å². The number of hydrogen-bond donors (Lipinski definition) is 1. The molecule has 0 aliphatic carbocycles. The Morgan fingerprint density at radius 1 is 1.53 bits per heavy atom. The van der Waals surface area contributed by atoms with Crippen LogP contribution in [0.1, 0.15) is 31.9 Å². The van der Waals surface area contributed by atoms with Gasteiger partial charge in [0.05, 0.1) is 6.04 Å². The Morgan fingerprint density at radius 3 is 2.84 bits per heavy atom. The first-order chi connectivity index (χ1) is 8.90. The van der Waals surface area contributed by atoms with Gasteiger partial charge >= 0.3 is 0 Å². The molecule has 19 heavy (non-hydrogen) atoms. The summed E-state index contributed by atoms with van der Waals surface area (Å²) in [4.78, 5) is 14.0. The zero-order chi connectivity index (χ0) is 14.2. The lowest BCUT2D eigenvalue weighted by atomic mass is 10.00. The van der Waals surface area contributed by atoms with E-state index in [1.807, 2.05) is 23.1 Å². The third-order valence-corrected chi connectivity index (χ3v) is 4.15. The topological polar surface area (TPSA) is 46.3 Å². The van der Waals surface area contributed by atoms with Gasteiger partial charge in [-0.2, -0.15) is 0 Å². The molecule has 1 heterocycles. The van der Waals surface area contributed by atoms with Gasteiger partial charge in [-0.25, -0.2) is 0 Å². The zero-order valence-electron chi connectivity index (χ0n) is 11.1. The molecule has 5 heteroatoms. The van der Waals surface area contributed by atoms with Crippen LogP contribution in [0.3, 0.4) is 0 Å². The molecule has 1 amide bonds. The molecular weight excluding hydrogens is 328 g/mol. The average Bonchev–Trinajstić information content (AvgIpc) is 2.57. The van der Waals surface area contributed by atoms with Crippen LogP contribution in [0.25, 0.3) is 0 Å². The summed E-state index contributed by atoms with van der Waals surface area (Å²) in [7, 11) is 0. The van der Waals surface area contributed by atoms with Gasteiger partial charge in [-0.3, -0.25) is 4.79 Å². The summed E-state index contributed by atoms with van der Waals surface area (Å²) in [5.41, 5.74) is 7.08. The van der Waals surface area contributed by atoms with Crippen LogP contribution in [-0.4, -0.2) is 23.4 Å². The second kappa shape index (κ2) is 5.81. The summed E-state index contributed by atoms with van der Waals surface area (Å²) >= 11 is 9.72. The monoisotopic (exact) mass is 344 g/mol. The maximum atomic E-state index is 12.1. The Labute approximate surface area is 127 Å². The second-order valence-electron chi connectivity index (χ2n) is 5.42.